The molecule has 2 aromatic rings. The molecular formula is C22H27N3O2. The maximum Gasteiger partial charge on any atom is 0.253 e. The molecule has 0 spiro atoms. The largest absolute Gasteiger partial charge is 0.350 e. The second-order valence-electron chi connectivity index (χ2n) is 7.39. The third kappa shape index (κ3) is 4.55. The number of benzene rings is 2. The molecule has 0 aromatic heterocycles. The number of aryl methyl sites for hydroxylation is 1. The minimum absolute atomic E-state index is 0.0369. The zero-order valence-corrected chi connectivity index (χ0v) is 16.2. The van der Waals surface area contributed by atoms with Gasteiger partial charge in [-0.25, -0.2) is 0 Å². The zero-order valence-electron chi connectivity index (χ0n) is 16.2. The van der Waals surface area contributed by atoms with E-state index in [0.29, 0.717) is 11.3 Å². The number of carbonyl (C=O) groups excluding carboxylic acids is 2. The lowest BCUT2D eigenvalue weighted by Gasteiger charge is -2.24. The van der Waals surface area contributed by atoms with Crippen molar-refractivity contribution in [2.24, 2.45) is 0 Å². The molecule has 0 fully saturated rings. The fraction of sp³-hybridized carbons (Fsp3) is 0.364. The lowest BCUT2D eigenvalue weighted by Crippen LogP contribution is -2.34. The van der Waals surface area contributed by atoms with Crippen molar-refractivity contribution in [3.8, 4) is 0 Å². The van der Waals surface area contributed by atoms with Crippen molar-refractivity contribution in [3.63, 3.8) is 0 Å². The van der Waals surface area contributed by atoms with E-state index in [1.54, 1.807) is 18.2 Å². The van der Waals surface area contributed by atoms with Crippen LogP contribution in [0.1, 0.15) is 47.8 Å². The Bertz CT molecular complexity index is 832. The van der Waals surface area contributed by atoms with Crippen molar-refractivity contribution in [2.45, 2.75) is 38.8 Å². The molecule has 0 unspecified atom stereocenters. The van der Waals surface area contributed by atoms with E-state index in [-0.39, 0.29) is 30.4 Å². The number of nitrogens with one attached hydrogen (secondary N) is 2. The van der Waals surface area contributed by atoms with Crippen LogP contribution >= 0.6 is 0 Å². The summed E-state index contributed by atoms with van der Waals surface area (Å²) in [5.74, 6) is -0.300. The van der Waals surface area contributed by atoms with Crippen LogP contribution in [0.5, 0.6) is 0 Å². The predicted octanol–water partition coefficient (Wildman–Crippen LogP) is 3.38. The molecule has 1 aliphatic rings. The molecule has 3 rings (SSSR count). The maximum absolute atomic E-state index is 12.6. The molecule has 5 nitrogen and oxygen atoms in total. The van der Waals surface area contributed by atoms with E-state index in [1.165, 1.54) is 11.1 Å². The normalized spacial score (nSPS) is 15.7. The lowest BCUT2D eigenvalue weighted by atomic mass is 10.1. The quantitative estimate of drug-likeness (QED) is 0.825. The van der Waals surface area contributed by atoms with Crippen molar-refractivity contribution in [1.82, 2.24) is 10.2 Å². The highest BCUT2D eigenvalue weighted by Crippen LogP contribution is 2.34. The van der Waals surface area contributed by atoms with Crippen LogP contribution in [0.3, 0.4) is 0 Å². The molecule has 142 valence electrons. The van der Waals surface area contributed by atoms with Gasteiger partial charge in [-0.2, -0.15) is 0 Å². The van der Waals surface area contributed by atoms with E-state index in [0.717, 1.165) is 12.8 Å². The average molecular weight is 365 g/mol. The van der Waals surface area contributed by atoms with Crippen LogP contribution in [0.25, 0.3) is 0 Å². The summed E-state index contributed by atoms with van der Waals surface area (Å²) in [4.78, 5) is 27.0. The van der Waals surface area contributed by atoms with Crippen LogP contribution in [0, 0.1) is 0 Å². The summed E-state index contributed by atoms with van der Waals surface area (Å²) in [5.41, 5.74) is 3.70. The van der Waals surface area contributed by atoms with Gasteiger partial charge in [0.25, 0.3) is 5.91 Å². The molecule has 0 aliphatic heterocycles. The van der Waals surface area contributed by atoms with Crippen LogP contribution in [-0.2, 0) is 11.2 Å². The smallest absolute Gasteiger partial charge is 0.253 e. The SMILES string of the molecule is CC(C)NC(=O)c1ccccc1NC(=O)CN(C)[C@@H]1CCc2ccccc21. The van der Waals surface area contributed by atoms with E-state index in [2.05, 4.69) is 39.8 Å². The molecule has 27 heavy (non-hydrogen) atoms. The summed E-state index contributed by atoms with van der Waals surface area (Å²) in [5, 5.41) is 5.77. The highest BCUT2D eigenvalue weighted by atomic mass is 16.2. The van der Waals surface area contributed by atoms with Crippen molar-refractivity contribution in [3.05, 3.63) is 65.2 Å². The molecule has 0 saturated heterocycles. The Morgan fingerprint density at radius 1 is 1.11 bits per heavy atom. The van der Waals surface area contributed by atoms with Gasteiger partial charge in [0.05, 0.1) is 17.8 Å². The maximum atomic E-state index is 12.6. The first-order valence-corrected chi connectivity index (χ1v) is 9.43. The van der Waals surface area contributed by atoms with Crippen LogP contribution in [0.15, 0.2) is 48.5 Å². The van der Waals surface area contributed by atoms with E-state index in [1.807, 2.05) is 27.0 Å². The van der Waals surface area contributed by atoms with Crippen molar-refractivity contribution < 1.29 is 9.59 Å². The number of amides is 2. The second-order valence-corrected chi connectivity index (χ2v) is 7.39. The van der Waals surface area contributed by atoms with Gasteiger partial charge in [0.1, 0.15) is 0 Å². The van der Waals surface area contributed by atoms with E-state index in [9.17, 15) is 9.59 Å². The van der Waals surface area contributed by atoms with Crippen LogP contribution in [0.4, 0.5) is 5.69 Å². The topological polar surface area (TPSA) is 61.4 Å². The standard InChI is InChI=1S/C22H27N3O2/c1-15(2)23-22(27)18-10-6-7-11-19(18)24-21(26)14-25(3)20-13-12-16-8-4-5-9-17(16)20/h4-11,15,20H,12-14H2,1-3H3,(H,23,27)(H,24,26)/t20-/m1/s1. The molecule has 0 bridgehead atoms. The van der Waals surface area contributed by atoms with Crippen molar-refractivity contribution in [1.29, 1.82) is 0 Å². The first-order valence-electron chi connectivity index (χ1n) is 9.43. The highest BCUT2D eigenvalue weighted by molar-refractivity contribution is 6.04. The number of anilines is 1. The Hall–Kier alpha value is -2.66. The van der Waals surface area contributed by atoms with Gasteiger partial charge in [-0.05, 0) is 57.0 Å². The van der Waals surface area contributed by atoms with Gasteiger partial charge in [0.2, 0.25) is 5.91 Å². The minimum atomic E-state index is -0.182. The summed E-state index contributed by atoms with van der Waals surface area (Å²) in [6.07, 6.45) is 2.07. The van der Waals surface area contributed by atoms with E-state index >= 15 is 0 Å². The summed E-state index contributed by atoms with van der Waals surface area (Å²) < 4.78 is 0. The average Bonchev–Trinajstić information content (AvgIpc) is 3.05. The molecule has 0 heterocycles. The molecule has 1 atom stereocenters. The predicted molar refractivity (Wildman–Crippen MR) is 108 cm³/mol. The van der Waals surface area contributed by atoms with Crippen LogP contribution < -0.4 is 10.6 Å². The van der Waals surface area contributed by atoms with Crippen LogP contribution in [0.2, 0.25) is 0 Å². The molecule has 2 aromatic carbocycles. The molecule has 2 amide bonds. The highest BCUT2D eigenvalue weighted by Gasteiger charge is 2.26. The molecule has 5 heteroatoms. The first kappa shape index (κ1) is 19.1. The number of hydrogen-bond acceptors (Lipinski definition) is 3. The fourth-order valence-electron chi connectivity index (χ4n) is 3.65. The van der Waals surface area contributed by atoms with Crippen LogP contribution in [-0.4, -0.2) is 36.3 Å². The molecule has 1 aliphatic carbocycles. The number of para-hydroxylation sites is 1. The first-order chi connectivity index (χ1) is 13.0. The van der Waals surface area contributed by atoms with Gasteiger partial charge in [-0.3, -0.25) is 14.5 Å². The molecule has 0 saturated carbocycles. The molecule has 2 N–H and O–H groups in total. The summed E-state index contributed by atoms with van der Waals surface area (Å²) in [6, 6.07) is 15.8. The Kier molecular flexibility index (Phi) is 5.91. The van der Waals surface area contributed by atoms with Crippen molar-refractivity contribution >= 4 is 17.5 Å². The summed E-state index contributed by atoms with van der Waals surface area (Å²) >= 11 is 0. The third-order valence-corrected chi connectivity index (χ3v) is 4.89. The number of rotatable bonds is 6. The number of nitrogens with zero attached hydrogens (tertiary/aromatic N) is 1. The third-order valence-electron chi connectivity index (χ3n) is 4.89. The minimum Gasteiger partial charge on any atom is -0.350 e. The second kappa shape index (κ2) is 8.35. The number of carbonyl (C=O) groups is 2. The number of fused-ring (bicyclic) bond motifs is 1. The van der Waals surface area contributed by atoms with Gasteiger partial charge in [0, 0.05) is 12.1 Å². The van der Waals surface area contributed by atoms with Crippen molar-refractivity contribution in [2.75, 3.05) is 18.9 Å². The van der Waals surface area contributed by atoms with Gasteiger partial charge < -0.3 is 10.6 Å². The Labute approximate surface area is 160 Å². The Morgan fingerprint density at radius 3 is 2.59 bits per heavy atom. The van der Waals surface area contributed by atoms with Gasteiger partial charge in [-0.1, -0.05) is 36.4 Å². The summed E-state index contributed by atoms with van der Waals surface area (Å²) in [6.45, 7) is 4.10. The Balaban J connectivity index is 1.66. The molecular weight excluding hydrogens is 338 g/mol. The van der Waals surface area contributed by atoms with E-state index < -0.39 is 0 Å². The van der Waals surface area contributed by atoms with Gasteiger partial charge in [0.15, 0.2) is 0 Å². The fourth-order valence-corrected chi connectivity index (χ4v) is 3.65. The summed E-state index contributed by atoms with van der Waals surface area (Å²) in [7, 11) is 1.98. The zero-order chi connectivity index (χ0) is 19.4. The number of hydrogen-bond donors (Lipinski definition) is 2. The number of likely N-dealkylation sites (N-methyl/N-ethyl adjacent to an activating group) is 1. The Morgan fingerprint density at radius 2 is 1.81 bits per heavy atom. The monoisotopic (exact) mass is 365 g/mol. The lowest BCUT2D eigenvalue weighted by molar-refractivity contribution is -0.117. The van der Waals surface area contributed by atoms with Gasteiger partial charge in [-0.15, -0.1) is 0 Å². The van der Waals surface area contributed by atoms with Gasteiger partial charge >= 0.3 is 0 Å². The molecule has 0 radical (unpaired) electrons. The van der Waals surface area contributed by atoms with E-state index in [4.69, 9.17) is 0 Å².